The summed E-state index contributed by atoms with van der Waals surface area (Å²) in [6.07, 6.45) is 9.03. The summed E-state index contributed by atoms with van der Waals surface area (Å²) in [7, 11) is 0. The van der Waals surface area contributed by atoms with E-state index in [0.717, 1.165) is 29.2 Å². The van der Waals surface area contributed by atoms with Gasteiger partial charge >= 0.3 is 0 Å². The molecule has 1 aliphatic heterocycles. The van der Waals surface area contributed by atoms with E-state index in [9.17, 15) is 4.79 Å². The van der Waals surface area contributed by atoms with Crippen molar-refractivity contribution in [3.05, 3.63) is 63.7 Å². The molecule has 0 bridgehead atoms. The second-order valence-corrected chi connectivity index (χ2v) is 7.89. The molecule has 1 aromatic carbocycles. The van der Waals surface area contributed by atoms with Gasteiger partial charge in [-0.3, -0.25) is 4.79 Å². The first kappa shape index (κ1) is 18.1. The summed E-state index contributed by atoms with van der Waals surface area (Å²) in [6, 6.07) is 7.40. The van der Waals surface area contributed by atoms with Gasteiger partial charge in [-0.1, -0.05) is 42.0 Å². The summed E-state index contributed by atoms with van der Waals surface area (Å²) in [5.74, 6) is 0.141. The van der Waals surface area contributed by atoms with E-state index in [-0.39, 0.29) is 12.0 Å². The maximum Gasteiger partial charge on any atom is 0.283 e. The van der Waals surface area contributed by atoms with Gasteiger partial charge in [-0.15, -0.1) is 11.3 Å². The van der Waals surface area contributed by atoms with E-state index >= 15 is 0 Å². The number of ether oxygens (including phenoxy) is 1. The number of nitrogens with zero attached hydrogens (tertiary/aromatic N) is 2. The topological polar surface area (TPSA) is 63.6 Å². The Bertz CT molecular complexity index is 947. The summed E-state index contributed by atoms with van der Waals surface area (Å²) >= 11 is 7.26. The van der Waals surface area contributed by atoms with Crippen LogP contribution in [-0.4, -0.2) is 29.8 Å². The number of aryl methyl sites for hydroxylation is 1. The highest BCUT2D eigenvalue weighted by molar-refractivity contribution is 7.17. The summed E-state index contributed by atoms with van der Waals surface area (Å²) < 4.78 is 5.61. The maximum absolute atomic E-state index is 12.5. The van der Waals surface area contributed by atoms with Crippen LogP contribution in [0.1, 0.15) is 21.8 Å². The minimum absolute atomic E-state index is 0.183. The lowest BCUT2D eigenvalue weighted by atomic mass is 9.93. The molecule has 4 rings (SSSR count). The third-order valence-electron chi connectivity index (χ3n) is 4.54. The van der Waals surface area contributed by atoms with Crippen molar-refractivity contribution < 1.29 is 9.53 Å². The zero-order chi connectivity index (χ0) is 18.8. The van der Waals surface area contributed by atoms with Crippen LogP contribution >= 0.6 is 22.9 Å². The number of carbonyl (C=O) groups excluding carboxylic acids is 1. The fourth-order valence-corrected chi connectivity index (χ4v) is 4.23. The molecule has 2 atom stereocenters. The van der Waals surface area contributed by atoms with E-state index in [2.05, 4.69) is 21.6 Å². The standard InChI is InChI=1S/C20H18ClN3O2S/c1-12-18(27-20(23-12)14-3-5-16(21)6-4-14)19(25)24-22-11-13-2-7-17-15(10-13)8-9-26-17/h2-7,10-11,15,17H,8-9H2,1H3,(H,24,25)/b22-11+. The van der Waals surface area contributed by atoms with Crippen LogP contribution in [0.2, 0.25) is 5.02 Å². The van der Waals surface area contributed by atoms with Crippen LogP contribution in [0.25, 0.3) is 10.6 Å². The minimum Gasteiger partial charge on any atom is -0.374 e. The normalized spacial score (nSPS) is 21.3. The average molecular weight is 400 g/mol. The molecular formula is C20H18ClN3O2S. The molecule has 1 amide bonds. The van der Waals surface area contributed by atoms with Crippen LogP contribution in [0.4, 0.5) is 0 Å². The monoisotopic (exact) mass is 399 g/mol. The predicted molar refractivity (Wildman–Crippen MR) is 108 cm³/mol. The number of allylic oxidation sites excluding steroid dienone is 2. The Morgan fingerprint density at radius 1 is 1.41 bits per heavy atom. The van der Waals surface area contributed by atoms with Crippen molar-refractivity contribution in [2.45, 2.75) is 19.4 Å². The molecule has 1 aromatic heterocycles. The van der Waals surface area contributed by atoms with Crippen LogP contribution in [0, 0.1) is 12.8 Å². The summed E-state index contributed by atoms with van der Waals surface area (Å²) in [5, 5.41) is 5.55. The van der Waals surface area contributed by atoms with Crippen molar-refractivity contribution >= 4 is 35.1 Å². The van der Waals surface area contributed by atoms with Gasteiger partial charge in [-0.05, 0) is 31.1 Å². The number of carbonyl (C=O) groups is 1. The number of hydrogen-bond acceptors (Lipinski definition) is 5. The van der Waals surface area contributed by atoms with Crippen molar-refractivity contribution in [2.75, 3.05) is 6.61 Å². The van der Waals surface area contributed by atoms with Gasteiger partial charge in [0.25, 0.3) is 5.91 Å². The first-order valence-corrected chi connectivity index (χ1v) is 9.88. The number of benzene rings is 1. The molecule has 7 heteroatoms. The van der Waals surface area contributed by atoms with Gasteiger partial charge in [0.2, 0.25) is 0 Å². The third kappa shape index (κ3) is 4.03. The molecule has 0 saturated carbocycles. The second kappa shape index (κ2) is 7.76. The fourth-order valence-electron chi connectivity index (χ4n) is 3.14. The lowest BCUT2D eigenvalue weighted by Crippen LogP contribution is -2.18. The van der Waals surface area contributed by atoms with Crippen LogP contribution in [0.3, 0.4) is 0 Å². The lowest BCUT2D eigenvalue weighted by molar-refractivity contribution is 0.0958. The number of fused-ring (bicyclic) bond motifs is 1. The first-order chi connectivity index (χ1) is 13.1. The summed E-state index contributed by atoms with van der Waals surface area (Å²) in [4.78, 5) is 17.5. The number of hydrazone groups is 1. The van der Waals surface area contributed by atoms with Gasteiger partial charge in [-0.25, -0.2) is 10.4 Å². The predicted octanol–water partition coefficient (Wildman–Crippen LogP) is 4.39. The number of hydrogen-bond donors (Lipinski definition) is 1. The molecule has 1 saturated heterocycles. The number of thiazole rings is 1. The molecule has 2 unspecified atom stereocenters. The van der Waals surface area contributed by atoms with E-state index in [1.807, 2.05) is 43.3 Å². The Kier molecular flexibility index (Phi) is 5.20. The molecule has 27 heavy (non-hydrogen) atoms. The fraction of sp³-hybridized carbons (Fsp3) is 0.250. The zero-order valence-corrected chi connectivity index (χ0v) is 16.3. The molecule has 2 aliphatic rings. The SMILES string of the molecule is Cc1nc(-c2ccc(Cl)cc2)sc1C(=O)N/N=C/C1=CC2CCOC2C=C1. The Morgan fingerprint density at radius 3 is 3.04 bits per heavy atom. The molecule has 138 valence electrons. The van der Waals surface area contributed by atoms with Crippen molar-refractivity contribution in [1.82, 2.24) is 10.4 Å². The largest absolute Gasteiger partial charge is 0.374 e. The number of amides is 1. The average Bonchev–Trinajstić information content (AvgIpc) is 3.28. The third-order valence-corrected chi connectivity index (χ3v) is 6.00. The minimum atomic E-state index is -0.260. The quantitative estimate of drug-likeness (QED) is 0.612. The first-order valence-electron chi connectivity index (χ1n) is 8.68. The van der Waals surface area contributed by atoms with Gasteiger partial charge < -0.3 is 4.74 Å². The van der Waals surface area contributed by atoms with E-state index < -0.39 is 0 Å². The van der Waals surface area contributed by atoms with Gasteiger partial charge in [-0.2, -0.15) is 5.10 Å². The smallest absolute Gasteiger partial charge is 0.283 e. The summed E-state index contributed by atoms with van der Waals surface area (Å²) in [6.45, 7) is 2.61. The van der Waals surface area contributed by atoms with Crippen LogP contribution in [0.15, 0.2) is 53.2 Å². The Morgan fingerprint density at radius 2 is 2.22 bits per heavy atom. The molecule has 1 fully saturated rings. The van der Waals surface area contributed by atoms with Crippen molar-refractivity contribution in [1.29, 1.82) is 0 Å². The molecule has 2 aromatic rings. The number of halogens is 1. The number of aromatic nitrogens is 1. The Hall–Kier alpha value is -2.28. The van der Waals surface area contributed by atoms with Crippen LogP contribution in [0.5, 0.6) is 0 Å². The Labute approximate surface area is 166 Å². The highest BCUT2D eigenvalue weighted by atomic mass is 35.5. The highest BCUT2D eigenvalue weighted by Gasteiger charge is 2.26. The maximum atomic E-state index is 12.5. The molecule has 2 heterocycles. The van der Waals surface area contributed by atoms with Crippen molar-refractivity contribution in [3.8, 4) is 10.6 Å². The van der Waals surface area contributed by atoms with E-state index in [0.29, 0.717) is 21.5 Å². The zero-order valence-electron chi connectivity index (χ0n) is 14.7. The Balaban J connectivity index is 1.43. The molecule has 0 spiro atoms. The second-order valence-electron chi connectivity index (χ2n) is 6.45. The molecule has 5 nitrogen and oxygen atoms in total. The van der Waals surface area contributed by atoms with Crippen molar-refractivity contribution in [2.24, 2.45) is 11.0 Å². The van der Waals surface area contributed by atoms with Gasteiger partial charge in [0.15, 0.2) is 0 Å². The lowest BCUT2D eigenvalue weighted by Gasteiger charge is -2.15. The summed E-state index contributed by atoms with van der Waals surface area (Å²) in [5.41, 5.74) is 5.18. The van der Waals surface area contributed by atoms with E-state index in [1.54, 1.807) is 6.21 Å². The van der Waals surface area contributed by atoms with Crippen LogP contribution in [-0.2, 0) is 4.74 Å². The van der Waals surface area contributed by atoms with Crippen LogP contribution < -0.4 is 5.43 Å². The van der Waals surface area contributed by atoms with E-state index in [1.165, 1.54) is 11.3 Å². The number of nitrogens with one attached hydrogen (secondary N) is 1. The van der Waals surface area contributed by atoms with Gasteiger partial charge in [0, 0.05) is 23.1 Å². The molecular weight excluding hydrogens is 382 g/mol. The van der Waals surface area contributed by atoms with E-state index in [4.69, 9.17) is 16.3 Å². The number of rotatable bonds is 4. The molecule has 0 radical (unpaired) electrons. The van der Waals surface area contributed by atoms with Gasteiger partial charge in [0.05, 0.1) is 18.0 Å². The van der Waals surface area contributed by atoms with Crippen molar-refractivity contribution in [3.63, 3.8) is 0 Å². The molecule has 1 N–H and O–H groups in total. The van der Waals surface area contributed by atoms with Gasteiger partial charge in [0.1, 0.15) is 9.88 Å². The molecule has 1 aliphatic carbocycles. The highest BCUT2D eigenvalue weighted by Crippen LogP contribution is 2.29.